The smallest absolute Gasteiger partial charge is 0.374 e. The zero-order chi connectivity index (χ0) is 22.7. The third-order valence-electron chi connectivity index (χ3n) is 4.27. The minimum atomic E-state index is -0.846. The number of anilines is 1. The number of nitro groups is 1. The van der Waals surface area contributed by atoms with Gasteiger partial charge in [0.15, 0.2) is 5.75 Å². The number of pyridine rings is 1. The van der Waals surface area contributed by atoms with E-state index in [-0.39, 0.29) is 23.0 Å². The van der Waals surface area contributed by atoms with Crippen LogP contribution in [0.2, 0.25) is 0 Å². The highest BCUT2D eigenvalue weighted by Gasteiger charge is 2.26. The van der Waals surface area contributed by atoms with Crippen LogP contribution < -0.4 is 15.6 Å². The molecule has 0 aliphatic rings. The molecule has 0 spiro atoms. The van der Waals surface area contributed by atoms with Crippen molar-refractivity contribution in [1.82, 2.24) is 20.4 Å². The van der Waals surface area contributed by atoms with E-state index >= 15 is 0 Å². The van der Waals surface area contributed by atoms with Crippen LogP contribution in [0.4, 0.5) is 15.9 Å². The van der Waals surface area contributed by atoms with Crippen molar-refractivity contribution in [2.24, 2.45) is 0 Å². The summed E-state index contributed by atoms with van der Waals surface area (Å²) in [5, 5.41) is 12.5. The van der Waals surface area contributed by atoms with Crippen molar-refractivity contribution in [2.45, 2.75) is 0 Å². The summed E-state index contributed by atoms with van der Waals surface area (Å²) in [5.41, 5.74) is 4.09. The number of nitrogens with zero attached hydrogens (tertiary/aromatic N) is 4. The summed E-state index contributed by atoms with van der Waals surface area (Å²) in [4.78, 5) is 35.1. The Morgan fingerprint density at radius 2 is 1.91 bits per heavy atom. The van der Waals surface area contributed by atoms with Crippen LogP contribution in [-0.4, -0.2) is 25.8 Å². The molecule has 0 aliphatic heterocycles. The number of carbonyl (C=O) groups is 1. The zero-order valence-corrected chi connectivity index (χ0v) is 17.5. The van der Waals surface area contributed by atoms with Gasteiger partial charge >= 0.3 is 11.6 Å². The average Bonchev–Trinajstić information content (AvgIpc) is 2.79. The van der Waals surface area contributed by atoms with Gasteiger partial charge in [-0.3, -0.25) is 30.7 Å². The van der Waals surface area contributed by atoms with Gasteiger partial charge in [0.1, 0.15) is 17.7 Å². The highest BCUT2D eigenvalue weighted by atomic mass is 79.9. The average molecular weight is 499 g/mol. The van der Waals surface area contributed by atoms with E-state index in [1.807, 2.05) is 0 Å². The van der Waals surface area contributed by atoms with E-state index < -0.39 is 22.3 Å². The van der Waals surface area contributed by atoms with Crippen LogP contribution in [0, 0.1) is 15.9 Å². The van der Waals surface area contributed by atoms with E-state index in [2.05, 4.69) is 41.7 Å². The normalized spacial score (nSPS) is 10.6. The molecule has 12 heteroatoms. The predicted molar refractivity (Wildman–Crippen MR) is 116 cm³/mol. The van der Waals surface area contributed by atoms with E-state index in [4.69, 9.17) is 4.74 Å². The standard InChI is InChI=1S/C20H12BrFN6O4/c21-13-7-8-15(16-11(13)5-3-9-23-16)32-20-17(28(30)31)18(24-10-25-20)26-27-19(29)12-4-1-2-6-14(12)22/h1-10H,(H,27,29)(H,24,25,26). The molecule has 1 amide bonds. The number of rotatable bonds is 6. The first-order valence-corrected chi connectivity index (χ1v) is 9.76. The highest BCUT2D eigenvalue weighted by molar-refractivity contribution is 9.10. The van der Waals surface area contributed by atoms with Gasteiger partial charge in [0, 0.05) is 16.1 Å². The number of aromatic nitrogens is 3. The minimum absolute atomic E-state index is 0.229. The van der Waals surface area contributed by atoms with Crippen LogP contribution in [0.5, 0.6) is 11.6 Å². The molecule has 2 N–H and O–H groups in total. The molecule has 0 bridgehead atoms. The van der Waals surface area contributed by atoms with Crippen molar-refractivity contribution in [3.8, 4) is 11.6 Å². The Hall–Kier alpha value is -4.19. The maximum absolute atomic E-state index is 13.8. The molecule has 10 nitrogen and oxygen atoms in total. The number of hydrogen-bond acceptors (Lipinski definition) is 8. The molecule has 4 aromatic rings. The number of hydrazine groups is 1. The molecule has 2 heterocycles. The Bertz CT molecular complexity index is 1350. The van der Waals surface area contributed by atoms with Gasteiger partial charge in [-0.2, -0.15) is 4.98 Å². The number of halogens is 2. The van der Waals surface area contributed by atoms with Gasteiger partial charge < -0.3 is 4.74 Å². The number of benzene rings is 2. The van der Waals surface area contributed by atoms with Crippen LogP contribution >= 0.6 is 15.9 Å². The Morgan fingerprint density at radius 1 is 1.09 bits per heavy atom. The molecule has 0 saturated heterocycles. The molecule has 32 heavy (non-hydrogen) atoms. The predicted octanol–water partition coefficient (Wildman–Crippen LogP) is 4.38. The molecule has 0 atom stereocenters. The molecule has 2 aromatic carbocycles. The lowest BCUT2D eigenvalue weighted by atomic mass is 10.2. The Labute approximate surface area is 187 Å². The fourth-order valence-electron chi connectivity index (χ4n) is 2.82. The highest BCUT2D eigenvalue weighted by Crippen LogP contribution is 2.37. The van der Waals surface area contributed by atoms with Gasteiger partial charge in [0.25, 0.3) is 5.91 Å². The monoisotopic (exact) mass is 498 g/mol. The number of nitrogens with one attached hydrogen (secondary N) is 2. The summed E-state index contributed by atoms with van der Waals surface area (Å²) in [6.07, 6.45) is 2.58. The second-order valence-corrected chi connectivity index (χ2v) is 7.09. The van der Waals surface area contributed by atoms with Crippen LogP contribution in [-0.2, 0) is 0 Å². The molecule has 160 valence electrons. The van der Waals surface area contributed by atoms with Gasteiger partial charge in [0.05, 0.1) is 10.5 Å². The topological polar surface area (TPSA) is 132 Å². The molecule has 0 saturated carbocycles. The molecule has 0 fully saturated rings. The van der Waals surface area contributed by atoms with E-state index in [0.717, 1.165) is 22.3 Å². The van der Waals surface area contributed by atoms with E-state index in [9.17, 15) is 19.3 Å². The molecule has 0 unspecified atom stereocenters. The molecule has 0 radical (unpaired) electrons. The summed E-state index contributed by atoms with van der Waals surface area (Å²) < 4.78 is 20.3. The van der Waals surface area contributed by atoms with Crippen LogP contribution in [0.1, 0.15) is 10.4 Å². The van der Waals surface area contributed by atoms with Crippen molar-refractivity contribution in [3.05, 3.63) is 87.0 Å². The molecular weight excluding hydrogens is 487 g/mol. The van der Waals surface area contributed by atoms with Crippen molar-refractivity contribution in [1.29, 1.82) is 0 Å². The summed E-state index contributed by atoms with van der Waals surface area (Å²) >= 11 is 3.42. The van der Waals surface area contributed by atoms with Gasteiger partial charge in [-0.1, -0.05) is 34.1 Å². The lowest BCUT2D eigenvalue weighted by molar-refractivity contribution is -0.385. The number of amides is 1. The first kappa shape index (κ1) is 21.1. The fraction of sp³-hybridized carbons (Fsp3) is 0. The first-order chi connectivity index (χ1) is 15.5. The number of hydrogen-bond donors (Lipinski definition) is 2. The van der Waals surface area contributed by atoms with Gasteiger partial charge in [-0.25, -0.2) is 9.37 Å². The fourth-order valence-corrected chi connectivity index (χ4v) is 3.27. The second-order valence-electron chi connectivity index (χ2n) is 6.24. The van der Waals surface area contributed by atoms with Crippen LogP contribution in [0.25, 0.3) is 10.9 Å². The SMILES string of the molecule is O=C(NNc1ncnc(Oc2ccc(Br)c3cccnc23)c1[N+](=O)[O-])c1ccccc1F. The first-order valence-electron chi connectivity index (χ1n) is 8.97. The van der Waals surface area contributed by atoms with E-state index in [1.54, 1.807) is 30.5 Å². The van der Waals surface area contributed by atoms with Gasteiger partial charge in [0.2, 0.25) is 5.82 Å². The third kappa shape index (κ3) is 4.16. The number of ether oxygens (including phenoxy) is 1. The maximum atomic E-state index is 13.8. The molecular formula is C20H12BrFN6O4. The Morgan fingerprint density at radius 3 is 2.69 bits per heavy atom. The Balaban J connectivity index is 1.65. The second kappa shape index (κ2) is 8.89. The summed E-state index contributed by atoms with van der Waals surface area (Å²) in [7, 11) is 0. The van der Waals surface area contributed by atoms with Gasteiger partial charge in [-0.15, -0.1) is 0 Å². The molecule has 2 aromatic heterocycles. The largest absolute Gasteiger partial charge is 0.431 e. The van der Waals surface area contributed by atoms with E-state index in [1.165, 1.54) is 18.2 Å². The lowest BCUT2D eigenvalue weighted by Crippen LogP contribution is -2.31. The zero-order valence-electron chi connectivity index (χ0n) is 16.0. The number of fused-ring (bicyclic) bond motifs is 1. The maximum Gasteiger partial charge on any atom is 0.374 e. The van der Waals surface area contributed by atoms with E-state index in [0.29, 0.717) is 5.52 Å². The third-order valence-corrected chi connectivity index (χ3v) is 4.96. The van der Waals surface area contributed by atoms with Crippen molar-refractivity contribution < 1.29 is 18.8 Å². The Kier molecular flexibility index (Phi) is 5.85. The molecule has 0 aliphatic carbocycles. The summed E-state index contributed by atoms with van der Waals surface area (Å²) in [6, 6.07) is 12.1. The summed E-state index contributed by atoms with van der Waals surface area (Å²) in [6.45, 7) is 0. The summed E-state index contributed by atoms with van der Waals surface area (Å²) in [5.74, 6) is -2.09. The van der Waals surface area contributed by atoms with Gasteiger partial charge in [-0.05, 0) is 30.3 Å². The van der Waals surface area contributed by atoms with Crippen LogP contribution in [0.15, 0.2) is 65.5 Å². The van der Waals surface area contributed by atoms with Crippen LogP contribution in [0.3, 0.4) is 0 Å². The molecule has 4 rings (SSSR count). The minimum Gasteiger partial charge on any atom is -0.431 e. The lowest BCUT2D eigenvalue weighted by Gasteiger charge is -2.11. The quantitative estimate of drug-likeness (QED) is 0.295. The van der Waals surface area contributed by atoms with Crippen molar-refractivity contribution >= 4 is 44.2 Å². The van der Waals surface area contributed by atoms with Crippen molar-refractivity contribution in [2.75, 3.05) is 5.43 Å². The van der Waals surface area contributed by atoms with Crippen molar-refractivity contribution in [3.63, 3.8) is 0 Å². The number of carbonyl (C=O) groups excluding carboxylic acids is 1.